The molecule has 2 aliphatic rings. The molecule has 106 valence electrons. The van der Waals surface area contributed by atoms with E-state index in [1.54, 1.807) is 6.08 Å². The van der Waals surface area contributed by atoms with Gasteiger partial charge in [-0.15, -0.1) is 0 Å². The molecular formula is C15H17NO3S. The van der Waals surface area contributed by atoms with Gasteiger partial charge in [-0.25, -0.2) is 8.42 Å². The summed E-state index contributed by atoms with van der Waals surface area (Å²) in [6, 6.07) is 6.02. The maximum absolute atomic E-state index is 11.9. The zero-order chi connectivity index (χ0) is 14.2. The number of hydrogen-bond acceptors (Lipinski definition) is 3. The van der Waals surface area contributed by atoms with E-state index in [0.717, 1.165) is 18.5 Å². The smallest absolute Gasteiger partial charge is 0.224 e. The number of amides is 1. The Labute approximate surface area is 118 Å². The second kappa shape index (κ2) is 5.05. The van der Waals surface area contributed by atoms with Gasteiger partial charge in [0, 0.05) is 23.4 Å². The largest absolute Gasteiger partial charge is 0.326 e. The lowest BCUT2D eigenvalue weighted by molar-refractivity contribution is -0.116. The average Bonchev–Trinajstić information content (AvgIpc) is 2.95. The minimum atomic E-state index is -3.08. The third kappa shape index (κ3) is 2.93. The second-order valence-electron chi connectivity index (χ2n) is 5.51. The fourth-order valence-electron chi connectivity index (χ4n) is 2.87. The SMILES string of the molecule is O=C(CC1C=CS(=O)(=O)C1)Nc1ccc2c(c1)CCC2. The summed E-state index contributed by atoms with van der Waals surface area (Å²) >= 11 is 0. The van der Waals surface area contributed by atoms with Gasteiger partial charge in [-0.3, -0.25) is 4.79 Å². The summed E-state index contributed by atoms with van der Waals surface area (Å²) in [5.74, 6) is -0.283. The summed E-state index contributed by atoms with van der Waals surface area (Å²) in [4.78, 5) is 11.9. The summed E-state index contributed by atoms with van der Waals surface area (Å²) < 4.78 is 22.6. The molecule has 20 heavy (non-hydrogen) atoms. The van der Waals surface area contributed by atoms with Crippen LogP contribution in [0.25, 0.3) is 0 Å². The van der Waals surface area contributed by atoms with Crippen LogP contribution >= 0.6 is 0 Å². The molecule has 5 heteroatoms. The first kappa shape index (κ1) is 13.4. The van der Waals surface area contributed by atoms with E-state index < -0.39 is 9.84 Å². The molecular weight excluding hydrogens is 274 g/mol. The zero-order valence-electron chi connectivity index (χ0n) is 11.1. The molecule has 3 rings (SSSR count). The number of rotatable bonds is 3. The molecule has 0 saturated carbocycles. The van der Waals surface area contributed by atoms with Crippen LogP contribution in [0.1, 0.15) is 24.0 Å². The second-order valence-corrected chi connectivity index (χ2v) is 7.44. The molecule has 1 amide bonds. The van der Waals surface area contributed by atoms with Crippen LogP contribution < -0.4 is 5.32 Å². The van der Waals surface area contributed by atoms with Gasteiger partial charge >= 0.3 is 0 Å². The van der Waals surface area contributed by atoms with Crippen molar-refractivity contribution < 1.29 is 13.2 Å². The first-order chi connectivity index (χ1) is 9.52. The monoisotopic (exact) mass is 291 g/mol. The summed E-state index contributed by atoms with van der Waals surface area (Å²) in [5.41, 5.74) is 3.49. The summed E-state index contributed by atoms with van der Waals surface area (Å²) in [6.45, 7) is 0. The van der Waals surface area contributed by atoms with Crippen molar-refractivity contribution >= 4 is 21.4 Å². The Kier molecular flexibility index (Phi) is 3.38. The lowest BCUT2D eigenvalue weighted by Gasteiger charge is -2.09. The highest BCUT2D eigenvalue weighted by atomic mass is 32.2. The van der Waals surface area contributed by atoms with Crippen molar-refractivity contribution in [3.63, 3.8) is 0 Å². The molecule has 1 aliphatic carbocycles. The van der Waals surface area contributed by atoms with Crippen molar-refractivity contribution in [3.8, 4) is 0 Å². The number of carbonyl (C=O) groups is 1. The molecule has 0 aromatic heterocycles. The van der Waals surface area contributed by atoms with Crippen molar-refractivity contribution in [2.24, 2.45) is 5.92 Å². The van der Waals surface area contributed by atoms with E-state index in [-0.39, 0.29) is 24.0 Å². The minimum Gasteiger partial charge on any atom is -0.326 e. The van der Waals surface area contributed by atoms with Crippen LogP contribution in [0.3, 0.4) is 0 Å². The maximum Gasteiger partial charge on any atom is 0.224 e. The number of fused-ring (bicyclic) bond motifs is 1. The summed E-state index contributed by atoms with van der Waals surface area (Å²) in [6.07, 6.45) is 5.19. The first-order valence-electron chi connectivity index (χ1n) is 6.84. The molecule has 1 unspecified atom stereocenters. The highest BCUT2D eigenvalue weighted by Crippen LogP contribution is 2.25. The Hall–Kier alpha value is -1.62. The van der Waals surface area contributed by atoms with Gasteiger partial charge in [-0.05, 0) is 42.5 Å². The fourth-order valence-corrected chi connectivity index (χ4v) is 4.27. The molecule has 1 N–H and O–H groups in total. The van der Waals surface area contributed by atoms with E-state index in [9.17, 15) is 13.2 Å². The van der Waals surface area contributed by atoms with Crippen LogP contribution in [0.5, 0.6) is 0 Å². The topological polar surface area (TPSA) is 63.2 Å². The molecule has 1 atom stereocenters. The molecule has 0 radical (unpaired) electrons. The number of aryl methyl sites for hydroxylation is 2. The van der Waals surface area contributed by atoms with Crippen LogP contribution in [0.15, 0.2) is 29.7 Å². The number of allylic oxidation sites excluding steroid dienone is 1. The predicted octanol–water partition coefficient (Wildman–Crippen LogP) is 2.06. The minimum absolute atomic E-state index is 0.0462. The van der Waals surface area contributed by atoms with Crippen LogP contribution in [-0.2, 0) is 27.5 Å². The molecule has 0 bridgehead atoms. The number of carbonyl (C=O) groups excluding carboxylic acids is 1. The molecule has 1 heterocycles. The van der Waals surface area contributed by atoms with Gasteiger partial charge in [-0.2, -0.15) is 0 Å². The lowest BCUT2D eigenvalue weighted by Crippen LogP contribution is -2.17. The van der Waals surface area contributed by atoms with E-state index in [4.69, 9.17) is 0 Å². The van der Waals surface area contributed by atoms with E-state index in [1.807, 2.05) is 12.1 Å². The number of benzene rings is 1. The Morgan fingerprint density at radius 3 is 2.80 bits per heavy atom. The number of sulfone groups is 1. The molecule has 1 aliphatic heterocycles. The zero-order valence-corrected chi connectivity index (χ0v) is 11.9. The molecule has 0 fully saturated rings. The molecule has 0 spiro atoms. The van der Waals surface area contributed by atoms with Crippen LogP contribution in [0.4, 0.5) is 5.69 Å². The van der Waals surface area contributed by atoms with Crippen molar-refractivity contribution in [3.05, 3.63) is 40.8 Å². The van der Waals surface area contributed by atoms with Gasteiger partial charge in [-0.1, -0.05) is 12.1 Å². The lowest BCUT2D eigenvalue weighted by atomic mass is 10.1. The molecule has 4 nitrogen and oxygen atoms in total. The van der Waals surface area contributed by atoms with Crippen molar-refractivity contribution in [2.45, 2.75) is 25.7 Å². The van der Waals surface area contributed by atoms with Gasteiger partial charge in [0.1, 0.15) is 0 Å². The predicted molar refractivity (Wildman–Crippen MR) is 78.1 cm³/mol. The number of nitrogens with one attached hydrogen (secondary N) is 1. The Morgan fingerprint density at radius 2 is 2.05 bits per heavy atom. The van der Waals surface area contributed by atoms with Gasteiger partial charge < -0.3 is 5.32 Å². The van der Waals surface area contributed by atoms with Gasteiger partial charge in [0.05, 0.1) is 5.75 Å². The van der Waals surface area contributed by atoms with Gasteiger partial charge in [0.25, 0.3) is 0 Å². The van der Waals surface area contributed by atoms with Gasteiger partial charge in [0.15, 0.2) is 9.84 Å². The standard InChI is InChI=1S/C15H17NO3S/c17-15(8-11-6-7-20(18,19)10-11)16-14-5-4-12-2-1-3-13(12)9-14/h4-7,9,11H,1-3,8,10H2,(H,16,17). The molecule has 0 saturated heterocycles. The average molecular weight is 291 g/mol. The Balaban J connectivity index is 1.61. The van der Waals surface area contributed by atoms with Crippen LogP contribution in [-0.4, -0.2) is 20.1 Å². The highest BCUT2D eigenvalue weighted by molar-refractivity contribution is 7.94. The van der Waals surface area contributed by atoms with Crippen molar-refractivity contribution in [2.75, 3.05) is 11.1 Å². The number of hydrogen-bond donors (Lipinski definition) is 1. The quantitative estimate of drug-likeness (QED) is 0.927. The molecule has 1 aromatic carbocycles. The number of anilines is 1. The first-order valence-corrected chi connectivity index (χ1v) is 8.56. The Morgan fingerprint density at radius 1 is 1.25 bits per heavy atom. The van der Waals surface area contributed by atoms with E-state index in [2.05, 4.69) is 11.4 Å². The van der Waals surface area contributed by atoms with Crippen molar-refractivity contribution in [1.29, 1.82) is 0 Å². The summed E-state index contributed by atoms with van der Waals surface area (Å²) in [5, 5.41) is 4.07. The van der Waals surface area contributed by atoms with E-state index in [1.165, 1.54) is 23.0 Å². The Bertz CT molecular complexity index is 676. The normalized spacial score (nSPS) is 22.7. The molecule has 1 aromatic rings. The van der Waals surface area contributed by atoms with Crippen LogP contribution in [0, 0.1) is 5.92 Å². The van der Waals surface area contributed by atoms with Crippen molar-refractivity contribution in [1.82, 2.24) is 0 Å². The van der Waals surface area contributed by atoms with Gasteiger partial charge in [0.2, 0.25) is 5.91 Å². The summed E-state index contributed by atoms with van der Waals surface area (Å²) in [7, 11) is -3.08. The fraction of sp³-hybridized carbons (Fsp3) is 0.400. The van der Waals surface area contributed by atoms with Crippen LogP contribution in [0.2, 0.25) is 0 Å². The van der Waals surface area contributed by atoms with E-state index >= 15 is 0 Å². The maximum atomic E-state index is 11.9. The van der Waals surface area contributed by atoms with E-state index in [0.29, 0.717) is 0 Å². The highest BCUT2D eigenvalue weighted by Gasteiger charge is 2.24. The third-order valence-electron chi connectivity index (χ3n) is 3.83. The third-order valence-corrected chi connectivity index (χ3v) is 5.30.